The van der Waals surface area contributed by atoms with Gasteiger partial charge in [0.1, 0.15) is 0 Å². The molecule has 0 unspecified atom stereocenters. The molecule has 3 amide bonds. The Morgan fingerprint density at radius 3 is 2.52 bits per heavy atom. The third-order valence-corrected chi connectivity index (χ3v) is 3.61. The van der Waals surface area contributed by atoms with Gasteiger partial charge >= 0.3 is 12.0 Å². The van der Waals surface area contributed by atoms with Crippen LogP contribution in [0, 0.1) is 0 Å². The maximum Gasteiger partial charge on any atom is 0.338 e. The molecule has 8 nitrogen and oxygen atoms in total. The van der Waals surface area contributed by atoms with Crippen LogP contribution in [0.15, 0.2) is 12.1 Å². The SMILES string of the molecule is CCCCOc1c(Cl)cc(C(=O)OCC(=O)NC(=O)NCCC)cc1OC. The molecule has 0 saturated carbocycles. The molecule has 0 radical (unpaired) electrons. The van der Waals surface area contributed by atoms with Gasteiger partial charge in [0.05, 0.1) is 24.3 Å². The Labute approximate surface area is 163 Å². The van der Waals surface area contributed by atoms with E-state index in [-0.39, 0.29) is 16.3 Å². The number of nitrogens with one attached hydrogen (secondary N) is 2. The molecule has 2 N–H and O–H groups in total. The van der Waals surface area contributed by atoms with E-state index in [4.69, 9.17) is 25.8 Å². The Bertz CT molecular complexity index is 665. The van der Waals surface area contributed by atoms with E-state index in [9.17, 15) is 14.4 Å². The van der Waals surface area contributed by atoms with Crippen LogP contribution in [0.4, 0.5) is 4.79 Å². The van der Waals surface area contributed by atoms with Gasteiger partial charge in [-0.25, -0.2) is 9.59 Å². The summed E-state index contributed by atoms with van der Waals surface area (Å²) in [5, 5.41) is 4.72. The third kappa shape index (κ3) is 7.74. The predicted octanol–water partition coefficient (Wildman–Crippen LogP) is 2.92. The van der Waals surface area contributed by atoms with Crippen molar-refractivity contribution in [3.63, 3.8) is 0 Å². The summed E-state index contributed by atoms with van der Waals surface area (Å²) in [6.07, 6.45) is 2.55. The lowest BCUT2D eigenvalue weighted by Crippen LogP contribution is -2.41. The average Bonchev–Trinajstić information content (AvgIpc) is 2.65. The highest BCUT2D eigenvalue weighted by Crippen LogP contribution is 2.36. The first-order valence-electron chi connectivity index (χ1n) is 8.68. The molecule has 0 aromatic heterocycles. The average molecular weight is 401 g/mol. The van der Waals surface area contributed by atoms with Crippen LogP contribution in [-0.4, -0.2) is 44.8 Å². The second-order valence-electron chi connectivity index (χ2n) is 5.57. The second-order valence-corrected chi connectivity index (χ2v) is 5.98. The van der Waals surface area contributed by atoms with Crippen molar-refractivity contribution >= 4 is 29.5 Å². The van der Waals surface area contributed by atoms with E-state index in [1.54, 1.807) is 0 Å². The van der Waals surface area contributed by atoms with E-state index in [1.807, 2.05) is 13.8 Å². The Kier molecular flexibility index (Phi) is 10.0. The van der Waals surface area contributed by atoms with Crippen LogP contribution < -0.4 is 20.1 Å². The number of imide groups is 1. The van der Waals surface area contributed by atoms with Gasteiger partial charge in [0.2, 0.25) is 0 Å². The van der Waals surface area contributed by atoms with Gasteiger partial charge in [-0.15, -0.1) is 0 Å². The summed E-state index contributed by atoms with van der Waals surface area (Å²) in [6.45, 7) is 4.21. The van der Waals surface area contributed by atoms with Crippen molar-refractivity contribution in [3.05, 3.63) is 22.7 Å². The minimum atomic E-state index is -0.778. The highest BCUT2D eigenvalue weighted by Gasteiger charge is 2.18. The molecule has 0 saturated heterocycles. The Morgan fingerprint density at radius 2 is 1.89 bits per heavy atom. The zero-order chi connectivity index (χ0) is 20.2. The summed E-state index contributed by atoms with van der Waals surface area (Å²) in [5.41, 5.74) is 0.0999. The fraction of sp³-hybridized carbons (Fsp3) is 0.500. The molecule has 0 atom stereocenters. The first-order valence-corrected chi connectivity index (χ1v) is 9.05. The van der Waals surface area contributed by atoms with Gasteiger partial charge < -0.3 is 19.5 Å². The molecule has 1 aromatic carbocycles. The first kappa shape index (κ1) is 22.6. The van der Waals surface area contributed by atoms with E-state index in [1.165, 1.54) is 19.2 Å². The van der Waals surface area contributed by atoms with Gasteiger partial charge in [-0.3, -0.25) is 10.1 Å². The number of carbonyl (C=O) groups excluding carboxylic acids is 3. The van der Waals surface area contributed by atoms with Crippen molar-refractivity contribution in [3.8, 4) is 11.5 Å². The van der Waals surface area contributed by atoms with Crippen LogP contribution >= 0.6 is 11.6 Å². The molecule has 0 heterocycles. The quantitative estimate of drug-likeness (QED) is 0.462. The number of esters is 1. The fourth-order valence-electron chi connectivity index (χ4n) is 1.96. The molecule has 27 heavy (non-hydrogen) atoms. The maximum absolute atomic E-state index is 12.1. The third-order valence-electron chi connectivity index (χ3n) is 3.33. The van der Waals surface area contributed by atoms with E-state index in [0.717, 1.165) is 19.3 Å². The molecule has 0 aliphatic rings. The van der Waals surface area contributed by atoms with Crippen molar-refractivity contribution in [1.29, 1.82) is 0 Å². The van der Waals surface area contributed by atoms with Crippen molar-refractivity contribution < 1.29 is 28.6 Å². The van der Waals surface area contributed by atoms with E-state index < -0.39 is 24.5 Å². The zero-order valence-electron chi connectivity index (χ0n) is 15.7. The molecule has 0 aliphatic carbocycles. The normalized spacial score (nSPS) is 10.1. The van der Waals surface area contributed by atoms with E-state index >= 15 is 0 Å². The summed E-state index contributed by atoms with van der Waals surface area (Å²) in [4.78, 5) is 35.1. The van der Waals surface area contributed by atoms with Crippen LogP contribution in [0.3, 0.4) is 0 Å². The lowest BCUT2D eigenvalue weighted by Gasteiger charge is -2.14. The number of rotatable bonds is 10. The molecular weight excluding hydrogens is 376 g/mol. The summed E-state index contributed by atoms with van der Waals surface area (Å²) in [5.74, 6) is -0.891. The molecule has 9 heteroatoms. The largest absolute Gasteiger partial charge is 0.493 e. The highest BCUT2D eigenvalue weighted by molar-refractivity contribution is 6.32. The smallest absolute Gasteiger partial charge is 0.338 e. The number of hydrogen-bond donors (Lipinski definition) is 2. The molecule has 0 aliphatic heterocycles. The van der Waals surface area contributed by atoms with Crippen molar-refractivity contribution in [2.75, 3.05) is 26.9 Å². The summed E-state index contributed by atoms with van der Waals surface area (Å²) in [7, 11) is 1.43. The zero-order valence-corrected chi connectivity index (χ0v) is 16.5. The molecule has 150 valence electrons. The van der Waals surface area contributed by atoms with Crippen LogP contribution in [-0.2, 0) is 9.53 Å². The number of halogens is 1. The topological polar surface area (TPSA) is 103 Å². The minimum Gasteiger partial charge on any atom is -0.493 e. The Morgan fingerprint density at radius 1 is 1.15 bits per heavy atom. The molecule has 1 aromatic rings. The number of ether oxygens (including phenoxy) is 3. The maximum atomic E-state index is 12.1. The molecule has 0 fully saturated rings. The second kappa shape index (κ2) is 12.0. The van der Waals surface area contributed by atoms with Gasteiger partial charge in [0.25, 0.3) is 5.91 Å². The van der Waals surface area contributed by atoms with Crippen molar-refractivity contribution in [2.24, 2.45) is 0 Å². The summed E-state index contributed by atoms with van der Waals surface area (Å²) >= 11 is 6.17. The molecular formula is C18H25ClN2O6. The number of amides is 3. The Hall–Kier alpha value is -2.48. The number of urea groups is 1. The standard InChI is InChI=1S/C18H25ClN2O6/c1-4-6-8-26-16-13(19)9-12(10-14(16)25-3)17(23)27-11-15(22)21-18(24)20-7-5-2/h9-10H,4-8,11H2,1-3H3,(H2,20,21,22,24). The lowest BCUT2D eigenvalue weighted by molar-refractivity contribution is -0.123. The van der Waals surface area contributed by atoms with Crippen LogP contribution in [0.1, 0.15) is 43.5 Å². The Balaban J connectivity index is 2.68. The van der Waals surface area contributed by atoms with E-state index in [2.05, 4.69) is 10.6 Å². The van der Waals surface area contributed by atoms with Gasteiger partial charge in [-0.05, 0) is 25.0 Å². The summed E-state index contributed by atoms with van der Waals surface area (Å²) < 4.78 is 15.7. The van der Waals surface area contributed by atoms with Gasteiger partial charge in [-0.1, -0.05) is 31.9 Å². The van der Waals surface area contributed by atoms with Gasteiger partial charge in [0.15, 0.2) is 18.1 Å². The van der Waals surface area contributed by atoms with Crippen LogP contribution in [0.25, 0.3) is 0 Å². The number of benzene rings is 1. The monoisotopic (exact) mass is 400 g/mol. The minimum absolute atomic E-state index is 0.0999. The first-order chi connectivity index (χ1) is 12.9. The number of carbonyl (C=O) groups is 3. The van der Waals surface area contributed by atoms with Crippen LogP contribution in [0.2, 0.25) is 5.02 Å². The van der Waals surface area contributed by atoms with Gasteiger partial charge in [-0.2, -0.15) is 0 Å². The predicted molar refractivity (Wildman–Crippen MR) is 101 cm³/mol. The van der Waals surface area contributed by atoms with Crippen LogP contribution in [0.5, 0.6) is 11.5 Å². The van der Waals surface area contributed by atoms with Crippen molar-refractivity contribution in [1.82, 2.24) is 10.6 Å². The fourth-order valence-corrected chi connectivity index (χ4v) is 2.22. The molecule has 0 bridgehead atoms. The lowest BCUT2D eigenvalue weighted by atomic mass is 10.2. The number of hydrogen-bond acceptors (Lipinski definition) is 6. The number of unbranched alkanes of at least 4 members (excludes halogenated alkanes) is 1. The molecule has 0 spiro atoms. The highest BCUT2D eigenvalue weighted by atomic mass is 35.5. The van der Waals surface area contributed by atoms with E-state index in [0.29, 0.717) is 18.9 Å². The van der Waals surface area contributed by atoms with Crippen molar-refractivity contribution in [2.45, 2.75) is 33.1 Å². The van der Waals surface area contributed by atoms with Gasteiger partial charge in [0, 0.05) is 6.54 Å². The molecule has 1 rings (SSSR count). The number of methoxy groups -OCH3 is 1. The summed E-state index contributed by atoms with van der Waals surface area (Å²) in [6, 6.07) is 2.15.